The average molecular weight is 501 g/mol. The van der Waals surface area contributed by atoms with E-state index in [-0.39, 0.29) is 5.91 Å². The molecule has 188 valence electrons. The van der Waals surface area contributed by atoms with E-state index in [1.807, 2.05) is 23.2 Å². The van der Waals surface area contributed by atoms with Gasteiger partial charge in [-0.1, -0.05) is 0 Å². The molecule has 2 N–H and O–H groups in total. The predicted molar refractivity (Wildman–Crippen MR) is 137 cm³/mol. The van der Waals surface area contributed by atoms with E-state index in [1.165, 1.54) is 12.8 Å². The largest absolute Gasteiger partial charge is 0.493 e. The summed E-state index contributed by atoms with van der Waals surface area (Å²) >= 11 is 0. The Labute approximate surface area is 206 Å². The topological polar surface area (TPSA) is 109 Å². The molecule has 0 aromatic heterocycles. The Balaban J connectivity index is 1.40. The van der Waals surface area contributed by atoms with Crippen LogP contribution in [0.2, 0.25) is 0 Å². The Hall–Kier alpha value is -3.27. The highest BCUT2D eigenvalue weighted by molar-refractivity contribution is 7.92. The molecule has 10 heteroatoms. The second-order valence-corrected chi connectivity index (χ2v) is 10.8. The van der Waals surface area contributed by atoms with Crippen molar-refractivity contribution in [3.05, 3.63) is 48.0 Å². The van der Waals surface area contributed by atoms with Crippen LogP contribution < -0.4 is 19.5 Å². The Morgan fingerprint density at radius 3 is 2.51 bits per heavy atom. The van der Waals surface area contributed by atoms with Gasteiger partial charge in [0.05, 0.1) is 26.2 Å². The van der Waals surface area contributed by atoms with Gasteiger partial charge < -0.3 is 14.8 Å². The van der Waals surface area contributed by atoms with Crippen LogP contribution in [-0.2, 0) is 14.8 Å². The maximum absolute atomic E-state index is 13.0. The molecule has 1 unspecified atom stereocenters. The first-order valence-electron chi connectivity index (χ1n) is 11.8. The fourth-order valence-electron chi connectivity index (χ4n) is 3.90. The van der Waals surface area contributed by atoms with Gasteiger partial charge in [0.2, 0.25) is 15.9 Å². The molecule has 1 aliphatic heterocycles. The fourth-order valence-corrected chi connectivity index (χ4v) is 4.47. The zero-order valence-electron chi connectivity index (χ0n) is 20.1. The first kappa shape index (κ1) is 24.8. The minimum atomic E-state index is -3.35. The number of hydrogen-bond acceptors (Lipinski definition) is 7. The molecule has 2 aromatic carbocycles. The van der Waals surface area contributed by atoms with Crippen molar-refractivity contribution < 1.29 is 22.7 Å². The minimum Gasteiger partial charge on any atom is -0.493 e. The number of carbonyl (C=O) groups is 1. The van der Waals surface area contributed by atoms with Gasteiger partial charge in [0.15, 0.2) is 11.5 Å². The third kappa shape index (κ3) is 7.35. The summed E-state index contributed by atoms with van der Waals surface area (Å²) in [6, 6.07) is 11.9. The summed E-state index contributed by atoms with van der Waals surface area (Å²) in [5.41, 5.74) is 1.90. The molecule has 2 fully saturated rings. The zero-order chi connectivity index (χ0) is 24.8. The van der Waals surface area contributed by atoms with Crippen molar-refractivity contribution in [2.24, 2.45) is 11.0 Å². The van der Waals surface area contributed by atoms with Gasteiger partial charge in [0.25, 0.3) is 0 Å². The Kier molecular flexibility index (Phi) is 7.80. The zero-order valence-corrected chi connectivity index (χ0v) is 20.9. The number of hydrogen-bond donors (Lipinski definition) is 2. The molecule has 1 amide bonds. The van der Waals surface area contributed by atoms with E-state index in [0.29, 0.717) is 48.4 Å². The highest BCUT2D eigenvalue weighted by atomic mass is 32.2. The number of amides is 1. The van der Waals surface area contributed by atoms with Crippen molar-refractivity contribution in [2.45, 2.75) is 38.1 Å². The molecule has 1 saturated carbocycles. The number of nitrogens with one attached hydrogen (secondary N) is 2. The van der Waals surface area contributed by atoms with Crippen LogP contribution >= 0.6 is 0 Å². The third-order valence-electron chi connectivity index (χ3n) is 5.95. The maximum Gasteiger partial charge on any atom is 0.248 e. The lowest BCUT2D eigenvalue weighted by molar-refractivity contribution is -0.122. The molecule has 0 radical (unpaired) electrons. The molecule has 9 nitrogen and oxygen atoms in total. The van der Waals surface area contributed by atoms with Crippen molar-refractivity contribution in [3.63, 3.8) is 0 Å². The molecular weight excluding hydrogens is 468 g/mol. The summed E-state index contributed by atoms with van der Waals surface area (Å²) in [5, 5.41) is 9.38. The predicted octanol–water partition coefficient (Wildman–Crippen LogP) is 3.68. The lowest BCUT2D eigenvalue weighted by Gasteiger charge is -2.32. The number of ether oxygens (including phenoxy) is 2. The standard InChI is InChI=1S/C25H32N4O5S/c1-33-23-13-8-19(15-24(23)34-17-18-6-7-18)16-26-29-14-4-3-5-22(29)25(30)27-20-9-11-21(12-10-20)28-35(2,31)32/h8-13,15-16,18,22,28H,3-7,14,17H2,1-2H3,(H,27,30)/b26-16+. The number of methoxy groups -OCH3 is 1. The van der Waals surface area contributed by atoms with Gasteiger partial charge in [0, 0.05) is 17.9 Å². The molecule has 2 aliphatic rings. The molecule has 1 aliphatic carbocycles. The molecule has 2 aromatic rings. The third-order valence-corrected chi connectivity index (χ3v) is 6.55. The molecule has 1 saturated heterocycles. The summed E-state index contributed by atoms with van der Waals surface area (Å²) in [5.74, 6) is 1.88. The highest BCUT2D eigenvalue weighted by Gasteiger charge is 2.28. The summed E-state index contributed by atoms with van der Waals surface area (Å²) in [6.45, 7) is 1.38. The van der Waals surface area contributed by atoms with E-state index in [1.54, 1.807) is 37.6 Å². The Morgan fingerprint density at radius 1 is 1.09 bits per heavy atom. The van der Waals surface area contributed by atoms with Gasteiger partial charge in [-0.3, -0.25) is 14.5 Å². The number of carbonyl (C=O) groups excluding carboxylic acids is 1. The van der Waals surface area contributed by atoms with Crippen molar-refractivity contribution >= 4 is 33.5 Å². The number of anilines is 2. The number of hydrazone groups is 1. The van der Waals surface area contributed by atoms with Gasteiger partial charge in [-0.2, -0.15) is 5.10 Å². The average Bonchev–Trinajstić information content (AvgIpc) is 3.66. The van der Waals surface area contributed by atoms with Gasteiger partial charge in [-0.05, 0) is 86.1 Å². The molecule has 1 heterocycles. The summed E-state index contributed by atoms with van der Waals surface area (Å²) in [4.78, 5) is 13.0. The van der Waals surface area contributed by atoms with Gasteiger partial charge in [-0.25, -0.2) is 8.42 Å². The van der Waals surface area contributed by atoms with Gasteiger partial charge in [0.1, 0.15) is 6.04 Å². The smallest absolute Gasteiger partial charge is 0.248 e. The number of rotatable bonds is 10. The van der Waals surface area contributed by atoms with Crippen LogP contribution in [0.25, 0.3) is 0 Å². The van der Waals surface area contributed by atoms with E-state index in [4.69, 9.17) is 9.47 Å². The second kappa shape index (κ2) is 11.0. The quantitative estimate of drug-likeness (QED) is 0.482. The van der Waals surface area contributed by atoms with Crippen LogP contribution in [0.4, 0.5) is 11.4 Å². The highest BCUT2D eigenvalue weighted by Crippen LogP contribution is 2.33. The summed E-state index contributed by atoms with van der Waals surface area (Å²) in [6.07, 6.45) is 7.88. The summed E-state index contributed by atoms with van der Waals surface area (Å²) in [7, 11) is -1.73. The van der Waals surface area contributed by atoms with Gasteiger partial charge in [-0.15, -0.1) is 0 Å². The minimum absolute atomic E-state index is 0.145. The lowest BCUT2D eigenvalue weighted by Crippen LogP contribution is -2.44. The van der Waals surface area contributed by atoms with Crippen molar-refractivity contribution in [2.75, 3.05) is 36.6 Å². The lowest BCUT2D eigenvalue weighted by atomic mass is 10.0. The maximum atomic E-state index is 13.0. The van der Waals surface area contributed by atoms with Crippen molar-refractivity contribution in [3.8, 4) is 11.5 Å². The number of nitrogens with zero attached hydrogens (tertiary/aromatic N) is 2. The van der Waals surface area contributed by atoms with E-state index < -0.39 is 16.1 Å². The number of benzene rings is 2. The van der Waals surface area contributed by atoms with Crippen LogP contribution in [0.3, 0.4) is 0 Å². The van der Waals surface area contributed by atoms with Gasteiger partial charge >= 0.3 is 0 Å². The van der Waals surface area contributed by atoms with Crippen LogP contribution in [0.5, 0.6) is 11.5 Å². The molecule has 1 atom stereocenters. The van der Waals surface area contributed by atoms with Crippen LogP contribution in [-0.4, -0.2) is 58.1 Å². The van der Waals surface area contributed by atoms with Crippen molar-refractivity contribution in [1.29, 1.82) is 0 Å². The first-order valence-corrected chi connectivity index (χ1v) is 13.7. The van der Waals surface area contributed by atoms with E-state index in [9.17, 15) is 13.2 Å². The van der Waals surface area contributed by atoms with E-state index in [2.05, 4.69) is 15.1 Å². The van der Waals surface area contributed by atoms with Crippen LogP contribution in [0.15, 0.2) is 47.6 Å². The molecule has 4 rings (SSSR count). The van der Waals surface area contributed by atoms with Crippen molar-refractivity contribution in [1.82, 2.24) is 5.01 Å². The van der Waals surface area contributed by atoms with Crippen LogP contribution in [0.1, 0.15) is 37.7 Å². The Morgan fingerprint density at radius 2 is 1.83 bits per heavy atom. The second-order valence-electron chi connectivity index (χ2n) is 9.02. The van der Waals surface area contributed by atoms with E-state index >= 15 is 0 Å². The van der Waals surface area contributed by atoms with Crippen LogP contribution in [0, 0.1) is 5.92 Å². The molecular formula is C25H32N4O5S. The fraction of sp³-hybridized carbons (Fsp3) is 0.440. The first-order chi connectivity index (χ1) is 16.8. The number of piperidine rings is 1. The van der Waals surface area contributed by atoms with E-state index in [0.717, 1.165) is 24.7 Å². The number of sulfonamides is 1. The Bertz CT molecular complexity index is 1160. The molecule has 35 heavy (non-hydrogen) atoms. The SMILES string of the molecule is COc1ccc(/C=N/N2CCCCC2C(=O)Nc2ccc(NS(C)(=O)=O)cc2)cc1OCC1CC1. The monoisotopic (exact) mass is 500 g/mol. The molecule has 0 spiro atoms. The normalized spacial score (nSPS) is 18.3. The summed E-state index contributed by atoms with van der Waals surface area (Å²) < 4.78 is 36.5. The molecule has 0 bridgehead atoms.